The number of hydrogen-bond donors (Lipinski definition) is 1. The molecule has 3 rings (SSSR count). The third-order valence-corrected chi connectivity index (χ3v) is 4.13. The lowest BCUT2D eigenvalue weighted by atomic mass is 10.0. The first-order chi connectivity index (χ1) is 7.74. The van der Waals surface area contributed by atoms with Crippen LogP contribution in [-0.4, -0.2) is 37.9 Å². The number of ether oxygens (including phenoxy) is 3. The van der Waals surface area contributed by atoms with Crippen LogP contribution in [0.1, 0.15) is 32.6 Å². The summed E-state index contributed by atoms with van der Waals surface area (Å²) in [6.45, 7) is 3.07. The van der Waals surface area contributed by atoms with E-state index in [2.05, 4.69) is 12.2 Å². The molecule has 2 aliphatic heterocycles. The minimum Gasteiger partial charge on any atom is -0.345 e. The molecule has 3 aliphatic rings. The molecule has 4 heteroatoms. The maximum Gasteiger partial charge on any atom is 0.187 e. The first-order valence-corrected chi connectivity index (χ1v) is 6.40. The van der Waals surface area contributed by atoms with Crippen molar-refractivity contribution < 1.29 is 14.2 Å². The molecule has 92 valence electrons. The van der Waals surface area contributed by atoms with Crippen LogP contribution in [0.2, 0.25) is 0 Å². The van der Waals surface area contributed by atoms with Crippen LogP contribution in [0, 0.1) is 5.92 Å². The van der Waals surface area contributed by atoms with Gasteiger partial charge in [-0.2, -0.15) is 0 Å². The average Bonchev–Trinajstić information content (AvgIpc) is 2.91. The summed E-state index contributed by atoms with van der Waals surface area (Å²) in [5, 5.41) is 3.15. The van der Waals surface area contributed by atoms with Crippen molar-refractivity contribution in [3.05, 3.63) is 0 Å². The molecule has 3 fully saturated rings. The molecule has 0 unspecified atom stereocenters. The van der Waals surface area contributed by atoms with Crippen LogP contribution >= 0.6 is 0 Å². The zero-order valence-electron chi connectivity index (χ0n) is 10.1. The van der Waals surface area contributed by atoms with Gasteiger partial charge >= 0.3 is 0 Å². The van der Waals surface area contributed by atoms with Crippen molar-refractivity contribution >= 4 is 0 Å². The molecule has 1 N–H and O–H groups in total. The van der Waals surface area contributed by atoms with Gasteiger partial charge in [0.25, 0.3) is 0 Å². The Labute approximate surface area is 96.6 Å². The number of nitrogens with one attached hydrogen (secondary N) is 1. The summed E-state index contributed by atoms with van der Waals surface area (Å²) in [5.74, 6) is 0.117. The van der Waals surface area contributed by atoms with Gasteiger partial charge < -0.3 is 19.5 Å². The highest BCUT2D eigenvalue weighted by molar-refractivity contribution is 4.94. The molecular formula is C12H21NO3. The largest absolute Gasteiger partial charge is 0.345 e. The predicted octanol–water partition coefficient (Wildman–Crippen LogP) is 1.25. The third-order valence-electron chi connectivity index (χ3n) is 4.13. The molecule has 1 aliphatic carbocycles. The summed E-state index contributed by atoms with van der Waals surface area (Å²) in [4.78, 5) is 0. The summed E-state index contributed by atoms with van der Waals surface area (Å²) in [7, 11) is 1.95. The van der Waals surface area contributed by atoms with Crippen LogP contribution in [0.3, 0.4) is 0 Å². The fourth-order valence-electron chi connectivity index (χ4n) is 3.16. The van der Waals surface area contributed by atoms with E-state index < -0.39 is 0 Å². The molecule has 0 aromatic rings. The van der Waals surface area contributed by atoms with Crippen molar-refractivity contribution in [3.8, 4) is 0 Å². The highest BCUT2D eigenvalue weighted by Crippen LogP contribution is 2.47. The molecule has 2 heterocycles. The first-order valence-electron chi connectivity index (χ1n) is 6.40. The fourth-order valence-corrected chi connectivity index (χ4v) is 3.16. The van der Waals surface area contributed by atoms with Gasteiger partial charge in [-0.25, -0.2) is 0 Å². The standard InChI is InChI=1S/C12H21NO3/c1-8-9(7-13-2)14-11-10(8)15-12(16-11)5-3-4-6-12/h8-11,13H,3-7H2,1-2H3/t8-,9+,10+,11+/m0/s1. The molecule has 4 nitrogen and oxygen atoms in total. The summed E-state index contributed by atoms with van der Waals surface area (Å²) < 4.78 is 18.1. The zero-order valence-corrected chi connectivity index (χ0v) is 10.1. The van der Waals surface area contributed by atoms with E-state index in [0.717, 1.165) is 19.4 Å². The van der Waals surface area contributed by atoms with Crippen molar-refractivity contribution in [1.82, 2.24) is 5.32 Å². The lowest BCUT2D eigenvalue weighted by Crippen LogP contribution is -2.35. The van der Waals surface area contributed by atoms with Gasteiger partial charge in [0.2, 0.25) is 0 Å². The summed E-state index contributed by atoms with van der Waals surface area (Å²) in [6.07, 6.45) is 4.72. The Morgan fingerprint density at radius 3 is 2.62 bits per heavy atom. The van der Waals surface area contributed by atoms with Crippen LogP contribution in [0.25, 0.3) is 0 Å². The van der Waals surface area contributed by atoms with Crippen LogP contribution in [0.4, 0.5) is 0 Å². The minimum atomic E-state index is -0.297. The smallest absolute Gasteiger partial charge is 0.187 e. The Hall–Kier alpha value is -0.160. The van der Waals surface area contributed by atoms with Gasteiger partial charge in [0.05, 0.1) is 6.10 Å². The van der Waals surface area contributed by atoms with Crippen molar-refractivity contribution in [1.29, 1.82) is 0 Å². The van der Waals surface area contributed by atoms with Gasteiger partial charge in [0.1, 0.15) is 6.10 Å². The summed E-state index contributed by atoms with van der Waals surface area (Å²) >= 11 is 0. The topological polar surface area (TPSA) is 39.7 Å². The average molecular weight is 227 g/mol. The fraction of sp³-hybridized carbons (Fsp3) is 1.00. The normalized spacial score (nSPS) is 45.4. The van der Waals surface area contributed by atoms with Crippen LogP contribution in [-0.2, 0) is 14.2 Å². The van der Waals surface area contributed by atoms with Crippen molar-refractivity contribution in [2.45, 2.75) is 56.9 Å². The Morgan fingerprint density at radius 2 is 2.00 bits per heavy atom. The van der Waals surface area contributed by atoms with Crippen molar-refractivity contribution in [3.63, 3.8) is 0 Å². The molecule has 16 heavy (non-hydrogen) atoms. The summed E-state index contributed by atoms with van der Waals surface area (Å²) in [6, 6.07) is 0. The lowest BCUT2D eigenvalue weighted by molar-refractivity contribution is -0.224. The van der Waals surface area contributed by atoms with E-state index in [1.54, 1.807) is 0 Å². The molecular weight excluding hydrogens is 206 g/mol. The molecule has 0 radical (unpaired) electrons. The second-order valence-corrected chi connectivity index (χ2v) is 5.28. The van der Waals surface area contributed by atoms with E-state index >= 15 is 0 Å². The summed E-state index contributed by atoms with van der Waals surface area (Å²) in [5.41, 5.74) is 0. The van der Waals surface area contributed by atoms with E-state index in [-0.39, 0.29) is 24.3 Å². The minimum absolute atomic E-state index is 0.133. The maximum atomic E-state index is 6.15. The van der Waals surface area contributed by atoms with Gasteiger partial charge in [0.15, 0.2) is 12.1 Å². The number of rotatable bonds is 2. The third kappa shape index (κ3) is 1.59. The molecule has 2 saturated heterocycles. The van der Waals surface area contributed by atoms with Gasteiger partial charge in [-0.1, -0.05) is 6.92 Å². The molecule has 1 saturated carbocycles. The second kappa shape index (κ2) is 3.95. The van der Waals surface area contributed by atoms with Gasteiger partial charge in [-0.3, -0.25) is 0 Å². The van der Waals surface area contributed by atoms with Crippen LogP contribution < -0.4 is 5.32 Å². The molecule has 0 amide bonds. The van der Waals surface area contributed by atoms with E-state index in [1.807, 2.05) is 7.05 Å². The SMILES string of the molecule is CNC[C@H]1O[C@@H]2OC3(CCCC3)O[C@@H]2[C@H]1C. The number of hydrogen-bond acceptors (Lipinski definition) is 4. The van der Waals surface area contributed by atoms with Crippen molar-refractivity contribution in [2.75, 3.05) is 13.6 Å². The van der Waals surface area contributed by atoms with E-state index in [0.29, 0.717) is 5.92 Å². The van der Waals surface area contributed by atoms with E-state index in [1.165, 1.54) is 12.8 Å². The quantitative estimate of drug-likeness (QED) is 0.771. The monoisotopic (exact) mass is 227 g/mol. The van der Waals surface area contributed by atoms with Gasteiger partial charge in [-0.15, -0.1) is 0 Å². The maximum absolute atomic E-state index is 6.15. The Balaban J connectivity index is 1.68. The van der Waals surface area contributed by atoms with E-state index in [9.17, 15) is 0 Å². The van der Waals surface area contributed by atoms with Crippen molar-refractivity contribution in [2.24, 2.45) is 5.92 Å². The predicted molar refractivity (Wildman–Crippen MR) is 58.9 cm³/mol. The molecule has 1 spiro atoms. The lowest BCUT2D eigenvalue weighted by Gasteiger charge is -2.26. The van der Waals surface area contributed by atoms with Gasteiger partial charge in [-0.05, 0) is 19.9 Å². The Kier molecular flexibility index (Phi) is 2.70. The number of fused-ring (bicyclic) bond motifs is 1. The highest BCUT2D eigenvalue weighted by Gasteiger charge is 2.56. The highest BCUT2D eigenvalue weighted by atomic mass is 16.8. The molecule has 4 atom stereocenters. The van der Waals surface area contributed by atoms with E-state index in [4.69, 9.17) is 14.2 Å². The Bertz CT molecular complexity index is 265. The van der Waals surface area contributed by atoms with Gasteiger partial charge in [0, 0.05) is 25.3 Å². The first kappa shape index (κ1) is 11.0. The zero-order chi connectivity index (χ0) is 11.2. The molecule has 0 bridgehead atoms. The Morgan fingerprint density at radius 1 is 1.25 bits per heavy atom. The second-order valence-electron chi connectivity index (χ2n) is 5.28. The number of likely N-dealkylation sites (N-methyl/N-ethyl adjacent to an activating group) is 1. The molecule has 0 aromatic carbocycles. The molecule has 0 aromatic heterocycles. The van der Waals surface area contributed by atoms with Crippen LogP contribution in [0.5, 0.6) is 0 Å². The van der Waals surface area contributed by atoms with Crippen LogP contribution in [0.15, 0.2) is 0 Å².